The minimum Gasteiger partial charge on any atom is -0.465 e. The zero-order valence-corrected chi connectivity index (χ0v) is 6.66. The highest BCUT2D eigenvalue weighted by Gasteiger charge is 2.25. The Morgan fingerprint density at radius 2 is 2.36 bits per heavy atom. The van der Waals surface area contributed by atoms with Gasteiger partial charge < -0.3 is 15.7 Å². The molecule has 1 aliphatic rings. The van der Waals surface area contributed by atoms with Gasteiger partial charge in [-0.15, -0.1) is 0 Å². The zero-order valence-electron chi connectivity index (χ0n) is 6.66. The molecule has 2 atom stereocenters. The summed E-state index contributed by atoms with van der Waals surface area (Å²) in [6, 6.07) is 0.0137. The molecule has 0 bridgehead atoms. The minimum absolute atomic E-state index is 0.0137. The monoisotopic (exact) mass is 158 g/mol. The van der Waals surface area contributed by atoms with Crippen molar-refractivity contribution in [3.05, 3.63) is 0 Å². The lowest BCUT2D eigenvalue weighted by Crippen LogP contribution is -2.49. The van der Waals surface area contributed by atoms with E-state index in [1.165, 1.54) is 4.90 Å². The summed E-state index contributed by atoms with van der Waals surface area (Å²) in [6.45, 7) is 3.17. The van der Waals surface area contributed by atoms with E-state index in [1.54, 1.807) is 0 Å². The molecule has 0 aliphatic carbocycles. The van der Waals surface area contributed by atoms with Crippen LogP contribution in [0.2, 0.25) is 0 Å². The van der Waals surface area contributed by atoms with Crippen LogP contribution in [0.15, 0.2) is 0 Å². The summed E-state index contributed by atoms with van der Waals surface area (Å²) in [7, 11) is 0. The first-order valence-corrected chi connectivity index (χ1v) is 3.84. The first-order valence-electron chi connectivity index (χ1n) is 3.84. The Bertz CT molecular complexity index is 161. The molecule has 1 saturated heterocycles. The second kappa shape index (κ2) is 3.09. The third kappa shape index (κ3) is 1.83. The molecule has 3 N–H and O–H groups in total. The van der Waals surface area contributed by atoms with Gasteiger partial charge in [0.1, 0.15) is 0 Å². The average Bonchev–Trinajstić information content (AvgIpc) is 1.94. The van der Waals surface area contributed by atoms with Crippen LogP contribution in [0.3, 0.4) is 0 Å². The van der Waals surface area contributed by atoms with Gasteiger partial charge in [0, 0.05) is 19.1 Å². The van der Waals surface area contributed by atoms with Gasteiger partial charge in [-0.2, -0.15) is 0 Å². The summed E-state index contributed by atoms with van der Waals surface area (Å²) < 4.78 is 0. The van der Waals surface area contributed by atoms with Crippen molar-refractivity contribution >= 4 is 6.09 Å². The maximum Gasteiger partial charge on any atom is 0.407 e. The maximum atomic E-state index is 10.5. The summed E-state index contributed by atoms with van der Waals surface area (Å²) in [4.78, 5) is 11.9. The van der Waals surface area contributed by atoms with Gasteiger partial charge in [0.05, 0.1) is 0 Å². The van der Waals surface area contributed by atoms with Crippen molar-refractivity contribution in [3.8, 4) is 0 Å². The molecule has 4 nitrogen and oxygen atoms in total. The highest BCUT2D eigenvalue weighted by Crippen LogP contribution is 2.14. The van der Waals surface area contributed by atoms with Crippen molar-refractivity contribution in [2.24, 2.45) is 11.7 Å². The Morgan fingerprint density at radius 1 is 1.73 bits per heavy atom. The van der Waals surface area contributed by atoms with E-state index in [1.807, 2.05) is 0 Å². The van der Waals surface area contributed by atoms with Gasteiger partial charge in [-0.1, -0.05) is 6.92 Å². The Morgan fingerprint density at radius 3 is 2.82 bits per heavy atom. The van der Waals surface area contributed by atoms with Gasteiger partial charge in [-0.25, -0.2) is 4.79 Å². The first kappa shape index (κ1) is 8.33. The fourth-order valence-electron chi connectivity index (χ4n) is 1.27. The Balaban J connectivity index is 2.46. The normalized spacial score (nSPS) is 32.0. The molecule has 1 heterocycles. The van der Waals surface area contributed by atoms with Crippen LogP contribution in [0.4, 0.5) is 4.79 Å². The molecule has 0 saturated carbocycles. The summed E-state index contributed by atoms with van der Waals surface area (Å²) in [5.41, 5.74) is 5.70. The van der Waals surface area contributed by atoms with Crippen LogP contribution in [-0.2, 0) is 0 Å². The van der Waals surface area contributed by atoms with Crippen LogP contribution in [0.1, 0.15) is 13.3 Å². The van der Waals surface area contributed by atoms with Crippen LogP contribution in [0.5, 0.6) is 0 Å². The molecule has 11 heavy (non-hydrogen) atoms. The molecule has 0 spiro atoms. The van der Waals surface area contributed by atoms with Gasteiger partial charge in [0.15, 0.2) is 0 Å². The van der Waals surface area contributed by atoms with Gasteiger partial charge in [0.2, 0.25) is 0 Å². The van der Waals surface area contributed by atoms with E-state index in [9.17, 15) is 4.79 Å². The number of amides is 1. The average molecular weight is 158 g/mol. The maximum absolute atomic E-state index is 10.5. The highest BCUT2D eigenvalue weighted by atomic mass is 16.4. The largest absolute Gasteiger partial charge is 0.465 e. The van der Waals surface area contributed by atoms with E-state index in [0.29, 0.717) is 19.0 Å². The highest BCUT2D eigenvalue weighted by molar-refractivity contribution is 5.65. The van der Waals surface area contributed by atoms with Gasteiger partial charge in [-0.05, 0) is 12.3 Å². The van der Waals surface area contributed by atoms with E-state index in [0.717, 1.165) is 6.42 Å². The number of rotatable bonds is 0. The number of hydrogen-bond acceptors (Lipinski definition) is 2. The number of carbonyl (C=O) groups is 1. The number of piperidine rings is 1. The lowest BCUT2D eigenvalue weighted by atomic mass is 9.95. The Labute approximate surface area is 66.0 Å². The quantitative estimate of drug-likeness (QED) is 0.534. The van der Waals surface area contributed by atoms with Crippen LogP contribution < -0.4 is 5.73 Å². The second-order valence-corrected chi connectivity index (χ2v) is 3.16. The molecule has 1 fully saturated rings. The number of hydrogen-bond donors (Lipinski definition) is 2. The minimum atomic E-state index is -0.854. The summed E-state index contributed by atoms with van der Waals surface area (Å²) in [6.07, 6.45) is 0.0281. The predicted molar refractivity (Wildman–Crippen MR) is 41.4 cm³/mol. The lowest BCUT2D eigenvalue weighted by molar-refractivity contribution is 0.119. The van der Waals surface area contributed by atoms with Gasteiger partial charge in [-0.3, -0.25) is 0 Å². The molecule has 1 rings (SSSR count). The number of nitrogens with two attached hydrogens (primary N) is 1. The van der Waals surface area contributed by atoms with Crippen LogP contribution in [0, 0.1) is 5.92 Å². The van der Waals surface area contributed by atoms with E-state index >= 15 is 0 Å². The van der Waals surface area contributed by atoms with Crippen molar-refractivity contribution in [1.82, 2.24) is 4.90 Å². The fraction of sp³-hybridized carbons (Fsp3) is 0.857. The van der Waals surface area contributed by atoms with Crippen molar-refractivity contribution in [3.63, 3.8) is 0 Å². The Hall–Kier alpha value is -0.770. The standard InChI is InChI=1S/C7H14N2O2/c1-5-2-3-9(7(10)11)4-6(5)8/h5-6H,2-4,8H2,1H3,(H,10,11)/t5-,6+/m1/s1. The van der Waals surface area contributed by atoms with Crippen molar-refractivity contribution in [2.45, 2.75) is 19.4 Å². The fourth-order valence-corrected chi connectivity index (χ4v) is 1.27. The Kier molecular flexibility index (Phi) is 2.34. The molecule has 0 aromatic rings. The van der Waals surface area contributed by atoms with Gasteiger partial charge >= 0.3 is 6.09 Å². The van der Waals surface area contributed by atoms with Crippen LogP contribution >= 0.6 is 0 Å². The van der Waals surface area contributed by atoms with E-state index in [-0.39, 0.29) is 6.04 Å². The number of likely N-dealkylation sites (tertiary alicyclic amines) is 1. The van der Waals surface area contributed by atoms with E-state index < -0.39 is 6.09 Å². The van der Waals surface area contributed by atoms with Crippen molar-refractivity contribution < 1.29 is 9.90 Å². The van der Waals surface area contributed by atoms with Gasteiger partial charge in [0.25, 0.3) is 0 Å². The predicted octanol–water partition coefficient (Wildman–Crippen LogP) is 0.334. The first-order chi connectivity index (χ1) is 5.11. The molecule has 4 heteroatoms. The second-order valence-electron chi connectivity index (χ2n) is 3.16. The molecule has 0 aromatic carbocycles. The lowest BCUT2D eigenvalue weighted by Gasteiger charge is -2.33. The SMILES string of the molecule is C[C@@H]1CCN(C(=O)O)C[C@@H]1N. The summed E-state index contributed by atoms with van der Waals surface area (Å²) in [5, 5.41) is 8.61. The van der Waals surface area contributed by atoms with E-state index in [4.69, 9.17) is 10.8 Å². The number of nitrogens with zero attached hydrogens (tertiary/aromatic N) is 1. The summed E-state index contributed by atoms with van der Waals surface area (Å²) in [5.74, 6) is 0.450. The smallest absolute Gasteiger partial charge is 0.407 e. The molecule has 0 aromatic heterocycles. The molecule has 1 amide bonds. The summed E-state index contributed by atoms with van der Waals surface area (Å²) >= 11 is 0. The molecular formula is C7H14N2O2. The third-order valence-corrected chi connectivity index (χ3v) is 2.29. The topological polar surface area (TPSA) is 66.6 Å². The van der Waals surface area contributed by atoms with Crippen LogP contribution in [0.25, 0.3) is 0 Å². The molecule has 0 unspecified atom stereocenters. The van der Waals surface area contributed by atoms with Crippen molar-refractivity contribution in [2.75, 3.05) is 13.1 Å². The third-order valence-electron chi connectivity index (χ3n) is 2.29. The van der Waals surface area contributed by atoms with Crippen LogP contribution in [-0.4, -0.2) is 35.2 Å². The number of carboxylic acid groups (broad SMARTS) is 1. The zero-order chi connectivity index (χ0) is 8.43. The molecule has 1 aliphatic heterocycles. The molecular weight excluding hydrogens is 144 g/mol. The van der Waals surface area contributed by atoms with E-state index in [2.05, 4.69) is 6.92 Å². The van der Waals surface area contributed by atoms with Crippen molar-refractivity contribution in [1.29, 1.82) is 0 Å². The molecule has 64 valence electrons. The molecule has 0 radical (unpaired) electrons.